The molecule has 0 aliphatic rings. The van der Waals surface area contributed by atoms with Crippen LogP contribution in [0.4, 0.5) is 5.69 Å². The highest BCUT2D eigenvalue weighted by Crippen LogP contribution is 2.21. The van der Waals surface area contributed by atoms with Crippen molar-refractivity contribution in [3.05, 3.63) is 29.8 Å². The normalized spacial score (nSPS) is 10.2. The molecular weight excluding hydrogens is 166 g/mol. The molecular formula is C10H11NO2. The smallest absolute Gasteiger partial charge is 0.142 e. The molecule has 1 aromatic rings. The minimum absolute atomic E-state index is 0.201. The fourth-order valence-corrected chi connectivity index (χ4v) is 1.05. The van der Waals surface area contributed by atoms with Gasteiger partial charge in [0.25, 0.3) is 0 Å². The van der Waals surface area contributed by atoms with E-state index in [9.17, 15) is 4.79 Å². The van der Waals surface area contributed by atoms with Crippen molar-refractivity contribution in [1.82, 2.24) is 0 Å². The zero-order chi connectivity index (χ0) is 9.68. The average molecular weight is 177 g/mol. The van der Waals surface area contributed by atoms with E-state index in [1.165, 1.54) is 6.08 Å². The number of phenolic OH excluding ortho intramolecular Hbond substituents is 1. The van der Waals surface area contributed by atoms with E-state index in [0.29, 0.717) is 6.29 Å². The number of carbonyl (C=O) groups is 1. The number of anilines is 1. The van der Waals surface area contributed by atoms with Gasteiger partial charge in [-0.2, -0.15) is 0 Å². The molecule has 0 amide bonds. The van der Waals surface area contributed by atoms with E-state index in [2.05, 4.69) is 5.32 Å². The molecule has 0 aliphatic heterocycles. The molecule has 0 aliphatic carbocycles. The molecule has 0 saturated carbocycles. The number of aldehydes is 1. The summed E-state index contributed by atoms with van der Waals surface area (Å²) in [5.41, 5.74) is 1.66. The fraction of sp³-hybridized carbons (Fsp3) is 0.100. The Kier molecular flexibility index (Phi) is 3.09. The molecule has 0 atom stereocenters. The molecule has 13 heavy (non-hydrogen) atoms. The molecule has 68 valence electrons. The van der Waals surface area contributed by atoms with E-state index < -0.39 is 0 Å². The van der Waals surface area contributed by atoms with Gasteiger partial charge in [-0.15, -0.1) is 0 Å². The Balaban J connectivity index is 3.05. The van der Waals surface area contributed by atoms with Gasteiger partial charge < -0.3 is 10.4 Å². The third-order valence-corrected chi connectivity index (χ3v) is 1.66. The molecule has 0 heterocycles. The van der Waals surface area contributed by atoms with Crippen LogP contribution in [0.3, 0.4) is 0 Å². The van der Waals surface area contributed by atoms with Crippen LogP contribution in [-0.2, 0) is 4.79 Å². The highest BCUT2D eigenvalue weighted by atomic mass is 16.3. The molecule has 0 unspecified atom stereocenters. The Hall–Kier alpha value is -1.77. The SMILES string of the molecule is CNc1cc(O)ccc1/C=C\C=O. The van der Waals surface area contributed by atoms with Gasteiger partial charge in [0.2, 0.25) is 0 Å². The number of hydrogen-bond donors (Lipinski definition) is 2. The van der Waals surface area contributed by atoms with Gasteiger partial charge in [-0.3, -0.25) is 4.79 Å². The van der Waals surface area contributed by atoms with E-state index in [-0.39, 0.29) is 5.75 Å². The first-order chi connectivity index (χ1) is 6.27. The average Bonchev–Trinajstić information content (AvgIpc) is 2.16. The van der Waals surface area contributed by atoms with Crippen molar-refractivity contribution in [3.63, 3.8) is 0 Å². The summed E-state index contributed by atoms with van der Waals surface area (Å²) < 4.78 is 0. The van der Waals surface area contributed by atoms with Crippen molar-refractivity contribution >= 4 is 18.0 Å². The summed E-state index contributed by atoms with van der Waals surface area (Å²) in [5.74, 6) is 0.201. The number of aromatic hydroxyl groups is 1. The van der Waals surface area contributed by atoms with E-state index in [0.717, 1.165) is 11.3 Å². The predicted molar refractivity (Wildman–Crippen MR) is 52.8 cm³/mol. The molecule has 1 rings (SSSR count). The molecule has 0 radical (unpaired) electrons. The highest BCUT2D eigenvalue weighted by molar-refractivity contribution is 5.78. The Morgan fingerprint density at radius 1 is 1.46 bits per heavy atom. The maximum absolute atomic E-state index is 10.1. The number of allylic oxidation sites excluding steroid dienone is 1. The Morgan fingerprint density at radius 3 is 2.85 bits per heavy atom. The van der Waals surface area contributed by atoms with Crippen molar-refractivity contribution in [2.24, 2.45) is 0 Å². The van der Waals surface area contributed by atoms with Crippen LogP contribution in [0.15, 0.2) is 24.3 Å². The fourth-order valence-electron chi connectivity index (χ4n) is 1.05. The largest absolute Gasteiger partial charge is 0.508 e. The van der Waals surface area contributed by atoms with Crippen LogP contribution in [0.2, 0.25) is 0 Å². The molecule has 0 aromatic heterocycles. The molecule has 0 spiro atoms. The van der Waals surface area contributed by atoms with Crippen LogP contribution in [0.5, 0.6) is 5.75 Å². The Labute approximate surface area is 76.7 Å². The van der Waals surface area contributed by atoms with Crippen molar-refractivity contribution in [1.29, 1.82) is 0 Å². The second kappa shape index (κ2) is 4.30. The predicted octanol–water partition coefficient (Wildman–Crippen LogP) is 1.65. The molecule has 2 N–H and O–H groups in total. The van der Waals surface area contributed by atoms with Gasteiger partial charge in [0.15, 0.2) is 0 Å². The first kappa shape index (κ1) is 9.32. The Morgan fingerprint density at radius 2 is 2.23 bits per heavy atom. The second-order valence-corrected chi connectivity index (χ2v) is 2.52. The third-order valence-electron chi connectivity index (χ3n) is 1.66. The summed E-state index contributed by atoms with van der Waals surface area (Å²) in [5, 5.41) is 12.1. The van der Waals surface area contributed by atoms with E-state index in [4.69, 9.17) is 5.11 Å². The van der Waals surface area contributed by atoms with Gasteiger partial charge in [0, 0.05) is 18.8 Å². The first-order valence-corrected chi connectivity index (χ1v) is 3.90. The van der Waals surface area contributed by atoms with Crippen LogP contribution >= 0.6 is 0 Å². The molecule has 0 bridgehead atoms. The quantitative estimate of drug-likeness (QED) is 0.545. The van der Waals surface area contributed by atoms with Crippen LogP contribution in [0, 0.1) is 0 Å². The van der Waals surface area contributed by atoms with E-state index in [1.807, 2.05) is 0 Å². The summed E-state index contributed by atoms with van der Waals surface area (Å²) in [4.78, 5) is 10.1. The van der Waals surface area contributed by atoms with Crippen molar-refractivity contribution < 1.29 is 9.90 Å². The molecule has 0 saturated heterocycles. The molecule has 0 fully saturated rings. The van der Waals surface area contributed by atoms with E-state index in [1.54, 1.807) is 31.3 Å². The van der Waals surface area contributed by atoms with Crippen molar-refractivity contribution in [3.8, 4) is 5.75 Å². The standard InChI is InChI=1S/C10H11NO2/c1-11-10-7-9(13)5-4-8(10)3-2-6-12/h2-7,11,13H,1H3/b3-2-. The number of nitrogens with one attached hydrogen (secondary N) is 1. The van der Waals surface area contributed by atoms with Gasteiger partial charge >= 0.3 is 0 Å². The zero-order valence-corrected chi connectivity index (χ0v) is 7.32. The highest BCUT2D eigenvalue weighted by Gasteiger charge is 1.97. The number of carbonyl (C=O) groups excluding carboxylic acids is 1. The maximum Gasteiger partial charge on any atom is 0.142 e. The second-order valence-electron chi connectivity index (χ2n) is 2.52. The van der Waals surface area contributed by atoms with Crippen LogP contribution in [0.1, 0.15) is 5.56 Å². The van der Waals surface area contributed by atoms with Crippen LogP contribution in [0.25, 0.3) is 6.08 Å². The molecule has 3 nitrogen and oxygen atoms in total. The summed E-state index contributed by atoms with van der Waals surface area (Å²) in [6.07, 6.45) is 3.80. The van der Waals surface area contributed by atoms with Crippen LogP contribution < -0.4 is 5.32 Å². The number of rotatable bonds is 3. The first-order valence-electron chi connectivity index (χ1n) is 3.90. The zero-order valence-electron chi connectivity index (χ0n) is 7.32. The summed E-state index contributed by atoms with van der Waals surface area (Å²) in [7, 11) is 1.76. The van der Waals surface area contributed by atoms with E-state index >= 15 is 0 Å². The lowest BCUT2D eigenvalue weighted by Gasteiger charge is -2.04. The summed E-state index contributed by atoms with van der Waals surface area (Å²) >= 11 is 0. The summed E-state index contributed by atoms with van der Waals surface area (Å²) in [6, 6.07) is 4.91. The molecule has 3 heteroatoms. The van der Waals surface area contributed by atoms with Crippen molar-refractivity contribution in [2.45, 2.75) is 0 Å². The summed E-state index contributed by atoms with van der Waals surface area (Å²) in [6.45, 7) is 0. The lowest BCUT2D eigenvalue weighted by Crippen LogP contribution is -1.90. The third kappa shape index (κ3) is 2.33. The van der Waals surface area contributed by atoms with Gasteiger partial charge in [0.05, 0.1) is 0 Å². The Bertz CT molecular complexity index is 332. The number of benzene rings is 1. The lowest BCUT2D eigenvalue weighted by atomic mass is 10.1. The minimum atomic E-state index is 0.201. The number of hydrogen-bond acceptors (Lipinski definition) is 3. The van der Waals surface area contributed by atoms with Crippen LogP contribution in [-0.4, -0.2) is 18.4 Å². The lowest BCUT2D eigenvalue weighted by molar-refractivity contribution is -0.104. The molecule has 1 aromatic carbocycles. The van der Waals surface area contributed by atoms with Gasteiger partial charge in [-0.25, -0.2) is 0 Å². The monoisotopic (exact) mass is 177 g/mol. The van der Waals surface area contributed by atoms with Gasteiger partial charge in [-0.1, -0.05) is 0 Å². The minimum Gasteiger partial charge on any atom is -0.508 e. The van der Waals surface area contributed by atoms with Gasteiger partial charge in [-0.05, 0) is 29.8 Å². The van der Waals surface area contributed by atoms with Crippen molar-refractivity contribution in [2.75, 3.05) is 12.4 Å². The number of phenols is 1. The van der Waals surface area contributed by atoms with Gasteiger partial charge in [0.1, 0.15) is 12.0 Å². The topological polar surface area (TPSA) is 49.3 Å². The maximum atomic E-state index is 10.1.